The molecule has 0 saturated carbocycles. The molecule has 0 N–H and O–H groups in total. The van der Waals surface area contributed by atoms with Gasteiger partial charge in [0.15, 0.2) is 6.10 Å². The Labute approximate surface area is 384 Å². The van der Waals surface area contributed by atoms with Crippen molar-refractivity contribution in [3.63, 3.8) is 0 Å². The van der Waals surface area contributed by atoms with Crippen LogP contribution in [0.1, 0.15) is 271 Å². The van der Waals surface area contributed by atoms with Gasteiger partial charge in [-0.15, -0.1) is 0 Å². The molecule has 0 saturated heterocycles. The highest BCUT2D eigenvalue weighted by Gasteiger charge is 2.21. The van der Waals surface area contributed by atoms with E-state index in [2.05, 4.69) is 13.8 Å². The molecule has 0 spiro atoms. The molecule has 0 amide bonds. The number of rotatable bonds is 50. The van der Waals surface area contributed by atoms with Crippen LogP contribution in [0.2, 0.25) is 0 Å². The Morgan fingerprint density at radius 3 is 1.03 bits per heavy atom. The summed E-state index contributed by atoms with van der Waals surface area (Å²) in [5.41, 5.74) is 0. The molecule has 0 rings (SSSR count). The van der Waals surface area contributed by atoms with Crippen molar-refractivity contribution in [1.82, 2.24) is 0 Å². The highest BCUT2D eigenvalue weighted by atomic mass is 31.2. The third-order valence-corrected chi connectivity index (χ3v) is 13.1. The van der Waals surface area contributed by atoms with Gasteiger partial charge in [-0.2, -0.15) is 0 Å². The first-order chi connectivity index (χ1) is 30.0. The summed E-state index contributed by atoms with van der Waals surface area (Å²) in [5.74, 6) is -0.822. The number of hydrogen-bond donors (Lipinski definition) is 0. The molecule has 0 aliphatic rings. The lowest BCUT2D eigenvalue weighted by atomic mass is 10.0. The fourth-order valence-corrected chi connectivity index (χ4v) is 8.68. The number of ether oxygens (including phenoxy) is 2. The number of nitrogens with zero attached hydrogens (tertiary/aromatic N) is 1. The fraction of sp³-hybridized carbons (Fsp3) is 0.962. The van der Waals surface area contributed by atoms with Crippen LogP contribution in [0.15, 0.2) is 0 Å². The quantitative estimate of drug-likeness (QED) is 0.0257. The summed E-state index contributed by atoms with van der Waals surface area (Å²) in [6, 6.07) is 0. The second-order valence-electron chi connectivity index (χ2n) is 19.6. The highest BCUT2D eigenvalue weighted by molar-refractivity contribution is 7.45. The van der Waals surface area contributed by atoms with Gasteiger partial charge in [0, 0.05) is 12.8 Å². The van der Waals surface area contributed by atoms with E-state index >= 15 is 0 Å². The third-order valence-electron chi connectivity index (χ3n) is 12.1. The Morgan fingerprint density at radius 2 is 0.726 bits per heavy atom. The molecule has 0 aromatic rings. The van der Waals surface area contributed by atoms with Crippen LogP contribution in [0.25, 0.3) is 0 Å². The molecule has 0 aliphatic heterocycles. The van der Waals surface area contributed by atoms with Gasteiger partial charge in [0.2, 0.25) is 0 Å². The smallest absolute Gasteiger partial charge is 0.306 e. The minimum atomic E-state index is -4.62. The van der Waals surface area contributed by atoms with E-state index in [0.29, 0.717) is 17.4 Å². The van der Waals surface area contributed by atoms with Gasteiger partial charge < -0.3 is 27.9 Å². The van der Waals surface area contributed by atoms with Crippen molar-refractivity contribution in [2.24, 2.45) is 0 Å². The molecule has 2 unspecified atom stereocenters. The Hall–Kier alpha value is -0.990. The topological polar surface area (TPSA) is 111 Å². The summed E-state index contributed by atoms with van der Waals surface area (Å²) < 4.78 is 33.9. The molecule has 0 fully saturated rings. The van der Waals surface area contributed by atoms with Crippen molar-refractivity contribution in [1.29, 1.82) is 0 Å². The lowest BCUT2D eigenvalue weighted by Gasteiger charge is -2.28. The van der Waals surface area contributed by atoms with Gasteiger partial charge in [-0.3, -0.25) is 14.2 Å². The molecule has 2 atom stereocenters. The molecular formula is C52H104NO8P. The molecule has 0 aliphatic carbocycles. The van der Waals surface area contributed by atoms with Crippen LogP contribution in [0, 0.1) is 0 Å². The van der Waals surface area contributed by atoms with Crippen molar-refractivity contribution >= 4 is 19.8 Å². The van der Waals surface area contributed by atoms with Crippen LogP contribution in [0.5, 0.6) is 0 Å². The van der Waals surface area contributed by atoms with E-state index in [1.165, 1.54) is 205 Å². The van der Waals surface area contributed by atoms with Crippen molar-refractivity contribution in [3.8, 4) is 0 Å². The van der Waals surface area contributed by atoms with Gasteiger partial charge >= 0.3 is 11.9 Å². The van der Waals surface area contributed by atoms with Crippen LogP contribution in [0.4, 0.5) is 0 Å². The normalized spacial score (nSPS) is 13.3. The number of likely N-dealkylation sites (N-methyl/N-ethyl adjacent to an activating group) is 1. The standard InChI is InChI=1S/C52H104NO8P/c1-6-8-10-12-14-16-17-18-19-20-21-22-23-24-25-26-27-28-29-30-31-32-33-34-35-36-37-39-41-43-45-52(55)61-50(49-60-62(56,57)59-47-46-53(3,4)5)48-58-51(54)44-42-40-38-15-13-11-9-7-2/h50H,6-49H2,1-5H3. The first-order valence-electron chi connectivity index (χ1n) is 26.7. The van der Waals surface area contributed by atoms with Gasteiger partial charge in [-0.05, 0) is 12.8 Å². The van der Waals surface area contributed by atoms with E-state index in [1.54, 1.807) is 0 Å². The lowest BCUT2D eigenvalue weighted by molar-refractivity contribution is -0.870. The summed E-state index contributed by atoms with van der Waals surface area (Å²) in [4.78, 5) is 37.5. The zero-order valence-electron chi connectivity index (χ0n) is 41.9. The summed E-state index contributed by atoms with van der Waals surface area (Å²) in [6.45, 7) is 4.24. The number of phosphoric ester groups is 1. The maximum absolute atomic E-state index is 12.7. The molecule has 10 heteroatoms. The minimum Gasteiger partial charge on any atom is -0.756 e. The van der Waals surface area contributed by atoms with Crippen molar-refractivity contribution < 1.29 is 42.1 Å². The molecule has 0 heterocycles. The second kappa shape index (κ2) is 45.2. The van der Waals surface area contributed by atoms with Crippen molar-refractivity contribution in [2.45, 2.75) is 277 Å². The van der Waals surface area contributed by atoms with Crippen molar-refractivity contribution in [2.75, 3.05) is 47.5 Å². The summed E-state index contributed by atoms with van der Waals surface area (Å²) in [5, 5.41) is 0. The molecular weight excluding hydrogens is 798 g/mol. The van der Waals surface area contributed by atoms with Crippen LogP contribution >= 0.6 is 7.82 Å². The van der Waals surface area contributed by atoms with E-state index in [4.69, 9.17) is 18.5 Å². The van der Waals surface area contributed by atoms with Gasteiger partial charge in [0.05, 0.1) is 27.7 Å². The average molecular weight is 902 g/mol. The minimum absolute atomic E-state index is 0.0258. The predicted molar refractivity (Wildman–Crippen MR) is 259 cm³/mol. The Balaban J connectivity index is 3.91. The van der Waals surface area contributed by atoms with Gasteiger partial charge in [0.25, 0.3) is 7.82 Å². The second-order valence-corrected chi connectivity index (χ2v) is 21.0. The first-order valence-corrected chi connectivity index (χ1v) is 28.2. The van der Waals surface area contributed by atoms with Crippen LogP contribution in [-0.2, 0) is 32.7 Å². The Bertz CT molecular complexity index is 1020. The largest absolute Gasteiger partial charge is 0.756 e. The number of esters is 2. The Kier molecular flexibility index (Phi) is 44.5. The zero-order chi connectivity index (χ0) is 45.7. The SMILES string of the molecule is CCCCCCCCCCCCCCCCCCCCCCCCCCCCCCCCC(=O)OC(COC(=O)CCCCCCCCCC)COP(=O)([O-])OCC[N+](C)(C)C. The monoisotopic (exact) mass is 902 g/mol. The number of carbonyl (C=O) groups is 2. The number of carbonyl (C=O) groups excluding carboxylic acids is 2. The predicted octanol–water partition coefficient (Wildman–Crippen LogP) is 15.3. The number of unbranched alkanes of at least 4 members (excludes halogenated alkanes) is 36. The molecule has 9 nitrogen and oxygen atoms in total. The van der Waals surface area contributed by atoms with E-state index < -0.39 is 26.5 Å². The molecule has 0 bridgehead atoms. The maximum Gasteiger partial charge on any atom is 0.306 e. The number of phosphoric acid groups is 1. The van der Waals surface area contributed by atoms with Crippen molar-refractivity contribution in [3.05, 3.63) is 0 Å². The number of quaternary nitrogens is 1. The molecule has 0 aromatic heterocycles. The van der Waals surface area contributed by atoms with Crippen LogP contribution in [0.3, 0.4) is 0 Å². The van der Waals surface area contributed by atoms with E-state index in [9.17, 15) is 19.0 Å². The molecule has 0 radical (unpaired) electrons. The molecule has 62 heavy (non-hydrogen) atoms. The summed E-state index contributed by atoms with van der Waals surface area (Å²) >= 11 is 0. The van der Waals surface area contributed by atoms with Gasteiger partial charge in [0.1, 0.15) is 19.8 Å². The van der Waals surface area contributed by atoms with E-state index in [1.807, 2.05) is 21.1 Å². The highest BCUT2D eigenvalue weighted by Crippen LogP contribution is 2.38. The van der Waals surface area contributed by atoms with Crippen LogP contribution < -0.4 is 4.89 Å². The van der Waals surface area contributed by atoms with Gasteiger partial charge in [-0.1, -0.05) is 245 Å². The maximum atomic E-state index is 12.7. The average Bonchev–Trinajstić information content (AvgIpc) is 3.23. The third kappa shape index (κ3) is 48.5. The fourth-order valence-electron chi connectivity index (χ4n) is 7.95. The first kappa shape index (κ1) is 61.0. The summed E-state index contributed by atoms with van der Waals surface area (Å²) in [6.07, 6.45) is 49.0. The lowest BCUT2D eigenvalue weighted by Crippen LogP contribution is -2.37. The van der Waals surface area contributed by atoms with Crippen LogP contribution in [-0.4, -0.2) is 70.0 Å². The van der Waals surface area contributed by atoms with E-state index in [0.717, 1.165) is 32.1 Å². The zero-order valence-corrected chi connectivity index (χ0v) is 42.7. The number of hydrogen-bond acceptors (Lipinski definition) is 8. The molecule has 0 aromatic carbocycles. The van der Waals surface area contributed by atoms with E-state index in [-0.39, 0.29) is 32.0 Å². The summed E-state index contributed by atoms with van der Waals surface area (Å²) in [7, 11) is 1.18. The Morgan fingerprint density at radius 1 is 0.435 bits per heavy atom. The van der Waals surface area contributed by atoms with Gasteiger partial charge in [-0.25, -0.2) is 0 Å². The molecule has 370 valence electrons.